The van der Waals surface area contributed by atoms with Crippen molar-refractivity contribution in [1.29, 1.82) is 5.26 Å². The average Bonchev–Trinajstić information content (AvgIpc) is 2.39. The van der Waals surface area contributed by atoms with Gasteiger partial charge in [0.2, 0.25) is 0 Å². The van der Waals surface area contributed by atoms with E-state index in [4.69, 9.17) is 11.0 Å². The molecule has 0 bridgehead atoms. The highest BCUT2D eigenvalue weighted by Gasteiger charge is 2.10. The Morgan fingerprint density at radius 1 is 1.37 bits per heavy atom. The van der Waals surface area contributed by atoms with E-state index in [0.717, 1.165) is 0 Å². The van der Waals surface area contributed by atoms with Crippen LogP contribution in [-0.4, -0.2) is 12.0 Å². The molecule has 96 valence electrons. The smallest absolute Gasteiger partial charge is 0.153 e. The van der Waals surface area contributed by atoms with Gasteiger partial charge in [-0.25, -0.2) is 4.98 Å². The molecule has 19 heavy (non-hydrogen) atoms. The van der Waals surface area contributed by atoms with Crippen LogP contribution in [0.2, 0.25) is 0 Å². The van der Waals surface area contributed by atoms with Crippen LogP contribution in [-0.2, 0) is 6.54 Å². The van der Waals surface area contributed by atoms with Crippen LogP contribution in [0.1, 0.15) is 16.7 Å². The van der Waals surface area contributed by atoms with Crippen LogP contribution < -0.4 is 10.6 Å². The minimum atomic E-state index is 0.431. The molecule has 0 saturated carbocycles. The lowest BCUT2D eigenvalue weighted by molar-refractivity contribution is 0.898. The van der Waals surface area contributed by atoms with E-state index >= 15 is 0 Å². The standard InChI is InChI=1S/C15H16N4/c1-11-4-3-5-12(8-11)10-19(2)15-14(17)13(9-16)6-7-18-15/h3-8H,10,17H2,1-2H3. The fraction of sp³-hybridized carbons (Fsp3) is 0.200. The molecule has 0 amide bonds. The Labute approximate surface area is 113 Å². The quantitative estimate of drug-likeness (QED) is 0.911. The Morgan fingerprint density at radius 3 is 2.84 bits per heavy atom. The number of aryl methyl sites for hydroxylation is 1. The number of rotatable bonds is 3. The zero-order valence-corrected chi connectivity index (χ0v) is 11.1. The molecule has 0 aliphatic rings. The number of nitrogens with zero attached hydrogens (tertiary/aromatic N) is 3. The van der Waals surface area contributed by atoms with Crippen LogP contribution in [0.4, 0.5) is 11.5 Å². The van der Waals surface area contributed by atoms with Crippen LogP contribution >= 0.6 is 0 Å². The minimum Gasteiger partial charge on any atom is -0.395 e. The summed E-state index contributed by atoms with van der Waals surface area (Å²) in [4.78, 5) is 6.20. The SMILES string of the molecule is Cc1cccc(CN(C)c2nccc(C#N)c2N)c1. The Balaban J connectivity index is 2.26. The number of hydrogen-bond donors (Lipinski definition) is 1. The molecular formula is C15H16N4. The first-order chi connectivity index (χ1) is 9.11. The summed E-state index contributed by atoms with van der Waals surface area (Å²) in [6.07, 6.45) is 1.61. The van der Waals surface area contributed by atoms with Gasteiger partial charge in [0.15, 0.2) is 5.82 Å². The monoisotopic (exact) mass is 252 g/mol. The molecule has 2 N–H and O–H groups in total. The molecule has 4 heteroatoms. The fourth-order valence-electron chi connectivity index (χ4n) is 2.02. The summed E-state index contributed by atoms with van der Waals surface area (Å²) < 4.78 is 0. The van der Waals surface area contributed by atoms with Crippen molar-refractivity contribution in [2.24, 2.45) is 0 Å². The van der Waals surface area contributed by atoms with Crippen molar-refractivity contribution in [3.8, 4) is 6.07 Å². The second kappa shape index (κ2) is 5.40. The number of nitrogens with two attached hydrogens (primary N) is 1. The normalized spacial score (nSPS) is 9.95. The van der Waals surface area contributed by atoms with Gasteiger partial charge in [0.1, 0.15) is 6.07 Å². The lowest BCUT2D eigenvalue weighted by atomic mass is 10.1. The van der Waals surface area contributed by atoms with Crippen LogP contribution in [0.25, 0.3) is 0 Å². The van der Waals surface area contributed by atoms with Crippen molar-refractivity contribution < 1.29 is 0 Å². The molecule has 0 unspecified atom stereocenters. The third-order valence-electron chi connectivity index (χ3n) is 2.95. The molecule has 0 aliphatic heterocycles. The number of aromatic nitrogens is 1. The van der Waals surface area contributed by atoms with Crippen LogP contribution in [0, 0.1) is 18.3 Å². The van der Waals surface area contributed by atoms with Gasteiger partial charge in [-0.15, -0.1) is 0 Å². The molecule has 2 rings (SSSR count). The Hall–Kier alpha value is -2.54. The van der Waals surface area contributed by atoms with Gasteiger partial charge in [-0.1, -0.05) is 29.8 Å². The minimum absolute atomic E-state index is 0.431. The number of pyridine rings is 1. The van der Waals surface area contributed by atoms with Crippen molar-refractivity contribution in [3.05, 3.63) is 53.2 Å². The number of nitrogen functional groups attached to an aromatic ring is 1. The molecule has 1 aromatic heterocycles. The van der Waals surface area contributed by atoms with E-state index in [2.05, 4.69) is 36.2 Å². The van der Waals surface area contributed by atoms with Crippen molar-refractivity contribution in [3.63, 3.8) is 0 Å². The first-order valence-corrected chi connectivity index (χ1v) is 6.03. The third-order valence-corrected chi connectivity index (χ3v) is 2.95. The second-order valence-electron chi connectivity index (χ2n) is 4.55. The van der Waals surface area contributed by atoms with Crippen molar-refractivity contribution in [1.82, 2.24) is 4.98 Å². The summed E-state index contributed by atoms with van der Waals surface area (Å²) in [6.45, 7) is 2.76. The highest BCUT2D eigenvalue weighted by molar-refractivity contribution is 5.69. The second-order valence-corrected chi connectivity index (χ2v) is 4.55. The predicted molar refractivity (Wildman–Crippen MR) is 76.7 cm³/mol. The summed E-state index contributed by atoms with van der Waals surface area (Å²) in [5.74, 6) is 0.639. The highest BCUT2D eigenvalue weighted by Crippen LogP contribution is 2.23. The molecule has 1 heterocycles. The van der Waals surface area contributed by atoms with Crippen LogP contribution in [0.15, 0.2) is 36.5 Å². The third kappa shape index (κ3) is 2.83. The maximum absolute atomic E-state index is 8.97. The zero-order valence-electron chi connectivity index (χ0n) is 11.1. The molecule has 2 aromatic rings. The van der Waals surface area contributed by atoms with E-state index < -0.39 is 0 Å². The average molecular weight is 252 g/mol. The largest absolute Gasteiger partial charge is 0.395 e. The van der Waals surface area contributed by atoms with E-state index in [1.54, 1.807) is 12.3 Å². The molecule has 0 spiro atoms. The van der Waals surface area contributed by atoms with Gasteiger partial charge in [0.25, 0.3) is 0 Å². The van der Waals surface area contributed by atoms with E-state index in [9.17, 15) is 0 Å². The molecule has 0 saturated heterocycles. The van der Waals surface area contributed by atoms with Gasteiger partial charge in [-0.2, -0.15) is 5.26 Å². The first-order valence-electron chi connectivity index (χ1n) is 6.03. The Kier molecular flexibility index (Phi) is 3.67. The molecule has 4 nitrogen and oxygen atoms in total. The Bertz CT molecular complexity index is 628. The van der Waals surface area contributed by atoms with Crippen LogP contribution in [0.5, 0.6) is 0 Å². The predicted octanol–water partition coefficient (Wildman–Crippen LogP) is 2.48. The van der Waals surface area contributed by atoms with Gasteiger partial charge in [0.05, 0.1) is 11.3 Å². The summed E-state index contributed by atoms with van der Waals surface area (Å²) >= 11 is 0. The molecular weight excluding hydrogens is 236 g/mol. The molecule has 0 radical (unpaired) electrons. The number of benzene rings is 1. The number of nitriles is 1. The lowest BCUT2D eigenvalue weighted by Crippen LogP contribution is -2.19. The van der Waals surface area contributed by atoms with Gasteiger partial charge >= 0.3 is 0 Å². The number of hydrogen-bond acceptors (Lipinski definition) is 4. The summed E-state index contributed by atoms with van der Waals surface area (Å²) in [5, 5.41) is 8.97. The fourth-order valence-corrected chi connectivity index (χ4v) is 2.02. The van der Waals surface area contributed by atoms with Gasteiger partial charge in [0, 0.05) is 19.8 Å². The van der Waals surface area contributed by atoms with E-state index in [-0.39, 0.29) is 0 Å². The number of anilines is 2. The van der Waals surface area contributed by atoms with Crippen molar-refractivity contribution in [2.75, 3.05) is 17.7 Å². The first kappa shape index (κ1) is 12.9. The van der Waals surface area contributed by atoms with Crippen molar-refractivity contribution >= 4 is 11.5 Å². The van der Waals surface area contributed by atoms with Gasteiger partial charge in [-0.05, 0) is 18.6 Å². The summed E-state index contributed by atoms with van der Waals surface area (Å²) in [5.41, 5.74) is 9.25. The molecule has 1 aromatic carbocycles. The van der Waals surface area contributed by atoms with E-state index in [1.165, 1.54) is 11.1 Å². The summed E-state index contributed by atoms with van der Waals surface area (Å²) in [6, 6.07) is 12.0. The topological polar surface area (TPSA) is 65.9 Å². The Morgan fingerprint density at radius 2 is 2.16 bits per heavy atom. The highest BCUT2D eigenvalue weighted by atomic mass is 15.2. The van der Waals surface area contributed by atoms with E-state index in [1.807, 2.05) is 18.0 Å². The molecule has 0 aliphatic carbocycles. The van der Waals surface area contributed by atoms with Crippen molar-refractivity contribution in [2.45, 2.75) is 13.5 Å². The lowest BCUT2D eigenvalue weighted by Gasteiger charge is -2.20. The van der Waals surface area contributed by atoms with Crippen LogP contribution in [0.3, 0.4) is 0 Å². The van der Waals surface area contributed by atoms with Gasteiger partial charge < -0.3 is 10.6 Å². The molecule has 0 atom stereocenters. The summed E-state index contributed by atoms with van der Waals surface area (Å²) in [7, 11) is 1.92. The molecule has 0 fully saturated rings. The van der Waals surface area contributed by atoms with E-state index in [0.29, 0.717) is 23.6 Å². The zero-order chi connectivity index (χ0) is 13.8. The maximum atomic E-state index is 8.97. The maximum Gasteiger partial charge on any atom is 0.153 e. The van der Waals surface area contributed by atoms with Gasteiger partial charge in [-0.3, -0.25) is 0 Å².